The van der Waals surface area contributed by atoms with E-state index in [-0.39, 0.29) is 0 Å². The van der Waals surface area contributed by atoms with Crippen molar-refractivity contribution in [3.05, 3.63) is 0 Å². The maximum Gasteiger partial charge on any atom is 0.217 e. The molecule has 592 valence electrons. The molecule has 9 heterocycles. The van der Waals surface area contributed by atoms with Crippen molar-refractivity contribution in [2.24, 2.45) is 0 Å². The molecule has 0 aromatic heterocycles. The normalized spacial score (nSPS) is 52.7. The number of hydrogen-bond donors (Lipinski definition) is 25. The molecule has 2 amide bonds. The summed E-state index contributed by atoms with van der Waals surface area (Å²) in [5.41, 5.74) is 0. The average molecular weight is 1500 g/mol. The topological polar surface area (TPSA) is 680 Å². The number of carbonyl (C=O) groups is 2. The standard InChI is InChI=1S/C58H98N2O42/c1-12-25(68)31(74)36(79)53(86-12)98-45-23(59-16(5)66)51(95-44-20(9-63)90-50(85)40(83)48(44)101-55-38(81)33(76)27(70)14(3)88-55)93-21(10-64)42(45)96-57-41(84)47(30(73)19(8-62)91-57)100-52-24(60-17(6)67)46(99-54-37(80)32(75)26(69)13(2)87-54)43(22(11-65)94-52)97-58-49(35(78)29(72)18(7-61)92-58)102-56-39(82)34(77)28(71)15(4)89-56/h12-15,18-58,61-65,68-85H,7-11H2,1-6H3,(H,59,66)(H,60,67)/t12-,13-,14-,15-,18+,19+,20+,21+,22+,23+,24+,25+,26+,27+,28+,29-,30-,31+,32+,33+,34+,35-,36-,37-,38-,39-,40+,41+,42+,43+,44+,45+,46+,47-,48+,49+,50?,51-,52-,53-,54-,55-,56-,57-,58-/m0/s1. The number of hydrogen-bond acceptors (Lipinski definition) is 42. The monoisotopic (exact) mass is 1490 g/mol. The van der Waals surface area contributed by atoms with E-state index in [2.05, 4.69) is 10.6 Å². The minimum absolute atomic E-state index is 0.942. The first-order valence-electron chi connectivity index (χ1n) is 33.1. The first kappa shape index (κ1) is 83.4. The molecule has 0 aliphatic carbocycles. The Bertz CT molecular complexity index is 2640. The van der Waals surface area contributed by atoms with Crippen molar-refractivity contribution < 1.29 is 208 Å². The predicted molar refractivity (Wildman–Crippen MR) is 315 cm³/mol. The minimum atomic E-state index is -2.47. The lowest BCUT2D eigenvalue weighted by Crippen LogP contribution is -2.72. The van der Waals surface area contributed by atoms with Gasteiger partial charge in [0.2, 0.25) is 11.8 Å². The van der Waals surface area contributed by atoms with Gasteiger partial charge < -0.3 is 209 Å². The maximum atomic E-state index is 13.5. The van der Waals surface area contributed by atoms with Crippen molar-refractivity contribution in [1.29, 1.82) is 0 Å². The molecule has 0 aromatic carbocycles. The van der Waals surface area contributed by atoms with Crippen LogP contribution in [0.3, 0.4) is 0 Å². The molecule has 25 N–H and O–H groups in total. The van der Waals surface area contributed by atoms with Gasteiger partial charge >= 0.3 is 0 Å². The molecule has 0 spiro atoms. The zero-order valence-electron chi connectivity index (χ0n) is 55.6. The van der Waals surface area contributed by atoms with Gasteiger partial charge in [0.25, 0.3) is 0 Å². The average Bonchev–Trinajstić information content (AvgIpc) is 0.761. The van der Waals surface area contributed by atoms with E-state index >= 15 is 0 Å². The van der Waals surface area contributed by atoms with E-state index in [9.17, 15) is 127 Å². The van der Waals surface area contributed by atoms with E-state index in [1.54, 1.807) is 0 Å². The highest BCUT2D eigenvalue weighted by molar-refractivity contribution is 5.73. The van der Waals surface area contributed by atoms with Crippen LogP contribution < -0.4 is 10.6 Å². The van der Waals surface area contributed by atoms with Gasteiger partial charge in [-0.25, -0.2) is 0 Å². The van der Waals surface area contributed by atoms with Gasteiger partial charge in [-0.05, 0) is 27.7 Å². The van der Waals surface area contributed by atoms with Gasteiger partial charge in [0.1, 0.15) is 195 Å². The van der Waals surface area contributed by atoms with Gasteiger partial charge in [-0.1, -0.05) is 0 Å². The fraction of sp³-hybridized carbons (Fsp3) is 0.966. The highest BCUT2D eigenvalue weighted by atomic mass is 16.8. The molecule has 0 radical (unpaired) electrons. The predicted octanol–water partition coefficient (Wildman–Crippen LogP) is -16.2. The molecular formula is C58H98N2O42. The van der Waals surface area contributed by atoms with Crippen LogP contribution in [0.5, 0.6) is 0 Å². The Morgan fingerprint density at radius 1 is 0.255 bits per heavy atom. The summed E-state index contributed by atoms with van der Waals surface area (Å²) in [5.74, 6) is -1.95. The molecular weight excluding hydrogens is 1400 g/mol. The first-order chi connectivity index (χ1) is 48.1. The zero-order chi connectivity index (χ0) is 75.1. The first-order valence-corrected chi connectivity index (χ1v) is 33.1. The molecule has 9 fully saturated rings. The van der Waals surface area contributed by atoms with E-state index in [4.69, 9.17) is 80.5 Å². The van der Waals surface area contributed by atoms with E-state index < -0.39 is 321 Å². The second kappa shape index (κ2) is 35.4. The quantitative estimate of drug-likeness (QED) is 0.0452. The van der Waals surface area contributed by atoms with Crippen LogP contribution in [0.4, 0.5) is 0 Å². The lowest BCUT2D eigenvalue weighted by atomic mass is 9.93. The summed E-state index contributed by atoms with van der Waals surface area (Å²) in [4.78, 5) is 27.0. The third-order valence-corrected chi connectivity index (χ3v) is 19.4. The molecule has 0 bridgehead atoms. The molecule has 44 heteroatoms. The van der Waals surface area contributed by atoms with E-state index in [1.807, 2.05) is 0 Å². The lowest BCUT2D eigenvalue weighted by Gasteiger charge is -2.53. The molecule has 102 heavy (non-hydrogen) atoms. The summed E-state index contributed by atoms with van der Waals surface area (Å²) < 4.78 is 102. The summed E-state index contributed by atoms with van der Waals surface area (Å²) in [5, 5.41) is 259. The van der Waals surface area contributed by atoms with Crippen molar-refractivity contribution in [3.63, 3.8) is 0 Å². The number of rotatable bonds is 23. The van der Waals surface area contributed by atoms with Crippen LogP contribution in [-0.4, -0.2) is 439 Å². The van der Waals surface area contributed by atoms with E-state index in [0.717, 1.165) is 13.8 Å². The third-order valence-electron chi connectivity index (χ3n) is 19.4. The third kappa shape index (κ3) is 17.5. The Labute approximate surface area is 579 Å². The van der Waals surface area contributed by atoms with Gasteiger partial charge in [-0.3, -0.25) is 9.59 Å². The molecule has 9 rings (SSSR count). The molecule has 9 aliphatic heterocycles. The van der Waals surface area contributed by atoms with E-state index in [0.29, 0.717) is 0 Å². The van der Waals surface area contributed by atoms with Crippen molar-refractivity contribution in [2.45, 2.75) is 318 Å². The zero-order valence-corrected chi connectivity index (χ0v) is 55.6. The number of nitrogens with one attached hydrogen (secondary N) is 2. The highest BCUT2D eigenvalue weighted by Crippen LogP contribution is 2.41. The van der Waals surface area contributed by atoms with Crippen LogP contribution in [0.25, 0.3) is 0 Å². The van der Waals surface area contributed by atoms with Crippen molar-refractivity contribution in [3.8, 4) is 0 Å². The Morgan fingerprint density at radius 2 is 0.529 bits per heavy atom. The van der Waals surface area contributed by atoms with Crippen LogP contribution in [0.1, 0.15) is 41.5 Å². The van der Waals surface area contributed by atoms with Crippen LogP contribution in [0.15, 0.2) is 0 Å². The molecule has 45 atom stereocenters. The summed E-state index contributed by atoms with van der Waals surface area (Å²) in [6, 6.07) is -3.98. The number of amides is 2. The Hall–Kier alpha value is -2.66. The molecule has 44 nitrogen and oxygen atoms in total. The molecule has 9 saturated heterocycles. The van der Waals surface area contributed by atoms with Gasteiger partial charge in [-0.2, -0.15) is 0 Å². The molecule has 0 aromatic rings. The summed E-state index contributed by atoms with van der Waals surface area (Å²) >= 11 is 0. The number of aliphatic hydroxyl groups is 23. The van der Waals surface area contributed by atoms with Crippen molar-refractivity contribution in [2.75, 3.05) is 33.0 Å². The molecule has 9 aliphatic rings. The minimum Gasteiger partial charge on any atom is -0.394 e. The summed E-state index contributed by atoms with van der Waals surface area (Å²) in [6.45, 7) is 1.23. The Kier molecular flexibility index (Phi) is 28.9. The van der Waals surface area contributed by atoms with Crippen LogP contribution in [0.2, 0.25) is 0 Å². The largest absolute Gasteiger partial charge is 0.394 e. The second-order valence-electron chi connectivity index (χ2n) is 26.6. The number of aliphatic hydroxyl groups excluding tert-OH is 23. The van der Waals surface area contributed by atoms with Gasteiger partial charge in [0.05, 0.1) is 57.5 Å². The Morgan fingerprint density at radius 3 is 0.902 bits per heavy atom. The Balaban J connectivity index is 1.07. The van der Waals surface area contributed by atoms with Gasteiger partial charge in [-0.15, -0.1) is 0 Å². The lowest BCUT2D eigenvalue weighted by molar-refractivity contribution is -0.405. The van der Waals surface area contributed by atoms with Crippen LogP contribution in [-0.2, 0) is 90.1 Å². The number of ether oxygens (including phenoxy) is 17. The van der Waals surface area contributed by atoms with Crippen molar-refractivity contribution in [1.82, 2.24) is 10.6 Å². The second-order valence-corrected chi connectivity index (χ2v) is 26.6. The molecule has 1 unspecified atom stereocenters. The summed E-state index contributed by atoms with van der Waals surface area (Å²) in [7, 11) is 0. The smallest absolute Gasteiger partial charge is 0.217 e. The summed E-state index contributed by atoms with van der Waals surface area (Å²) in [6.07, 6.45) is -84.7. The maximum absolute atomic E-state index is 13.5. The fourth-order valence-electron chi connectivity index (χ4n) is 13.5. The van der Waals surface area contributed by atoms with E-state index in [1.165, 1.54) is 27.7 Å². The van der Waals surface area contributed by atoms with Gasteiger partial charge in [0, 0.05) is 13.8 Å². The van der Waals surface area contributed by atoms with Crippen LogP contribution >= 0.6 is 0 Å². The number of carbonyl (C=O) groups excluding carboxylic acids is 2. The SMILES string of the molecule is CC(=O)N[C@H]1[C@H](O[C@H]2[C@H](O[C@@H]3O[C@@H](C)[C@@H](O)[C@@H](O)[C@@H]3O)[C@@H](O)C(O)O[C@@H]2CO)O[C@H](CO)[C@@H](O[C@@H]2O[C@H](CO)[C@H](O)[C@H](O[C@@H]3O[C@H](CO)[C@@H](O[C@@H]4O[C@H](CO)[C@H](O)[C@H](O)[C@H]4O[C@@H]4O[C@@H](C)[C@@H](O)[C@@H](O)[C@@H]4O)[C@H](O[C@@H]4O[C@@H](C)[C@@H](O)[C@@H](O)[C@@H]4O)[C@H]3NC(C)=O)[C@H]2O)[C@@H]1O[C@@H]1O[C@@H](C)[C@@H](O)[C@@H](O)[C@@H]1O. The fourth-order valence-corrected chi connectivity index (χ4v) is 13.5. The molecule has 0 saturated carbocycles. The van der Waals surface area contributed by atoms with Gasteiger partial charge in [0.15, 0.2) is 56.6 Å². The van der Waals surface area contributed by atoms with Crippen molar-refractivity contribution >= 4 is 11.8 Å². The highest BCUT2D eigenvalue weighted by Gasteiger charge is 2.62. The van der Waals surface area contributed by atoms with Crippen LogP contribution in [0, 0.1) is 0 Å².